The molecular weight excluding hydrogens is 299 g/mol. The number of sulfonamides is 1. The maximum Gasteiger partial charge on any atom is 0.321 e. The number of rotatable bonds is 6. The molecule has 1 aromatic rings. The summed E-state index contributed by atoms with van der Waals surface area (Å²) < 4.78 is 44.7. The highest BCUT2D eigenvalue weighted by molar-refractivity contribution is 7.89. The summed E-state index contributed by atoms with van der Waals surface area (Å²) in [7, 11) is -4.13. The van der Waals surface area contributed by atoms with E-state index in [1.165, 1.54) is 6.07 Å². The van der Waals surface area contributed by atoms with Crippen molar-refractivity contribution in [3.05, 3.63) is 24.0 Å². The Bertz CT molecular complexity index is 644. The highest BCUT2D eigenvalue weighted by Gasteiger charge is 2.40. The summed E-state index contributed by atoms with van der Waals surface area (Å²) in [5.41, 5.74) is 5.66. The summed E-state index contributed by atoms with van der Waals surface area (Å²) in [5.74, 6) is -1.55. The van der Waals surface area contributed by atoms with Crippen LogP contribution in [0, 0.1) is 5.82 Å². The van der Waals surface area contributed by atoms with Crippen molar-refractivity contribution in [2.24, 2.45) is 0 Å². The minimum absolute atomic E-state index is 0.141. The topological polar surface area (TPSA) is 89.7 Å². The lowest BCUT2D eigenvalue weighted by Crippen LogP contribution is -2.38. The van der Waals surface area contributed by atoms with Gasteiger partial charge >= 0.3 is 5.97 Å². The fourth-order valence-corrected chi connectivity index (χ4v) is 3.68. The second kappa shape index (κ2) is 5.98. The van der Waals surface area contributed by atoms with Crippen LogP contribution in [0.4, 0.5) is 10.1 Å². The van der Waals surface area contributed by atoms with Crippen LogP contribution < -0.4 is 5.73 Å². The molecule has 0 radical (unpaired) electrons. The highest BCUT2D eigenvalue weighted by atomic mass is 32.2. The van der Waals surface area contributed by atoms with E-state index in [1.807, 2.05) is 0 Å². The molecule has 0 aromatic heterocycles. The van der Waals surface area contributed by atoms with Crippen molar-refractivity contribution in [3.63, 3.8) is 0 Å². The van der Waals surface area contributed by atoms with Crippen molar-refractivity contribution in [1.82, 2.24) is 4.31 Å². The summed E-state index contributed by atoms with van der Waals surface area (Å²) in [5, 5.41) is 0. The van der Waals surface area contributed by atoms with Crippen molar-refractivity contribution < 1.29 is 22.3 Å². The van der Waals surface area contributed by atoms with Crippen LogP contribution in [0.2, 0.25) is 0 Å². The van der Waals surface area contributed by atoms with Crippen LogP contribution in [0.25, 0.3) is 0 Å². The first-order valence-corrected chi connectivity index (χ1v) is 8.02. The van der Waals surface area contributed by atoms with E-state index < -0.39 is 33.3 Å². The van der Waals surface area contributed by atoms with Crippen LogP contribution >= 0.6 is 0 Å². The highest BCUT2D eigenvalue weighted by Crippen LogP contribution is 2.33. The summed E-state index contributed by atoms with van der Waals surface area (Å²) in [4.78, 5) is 11.1. The standard InChI is InChI=1S/C13H17FN2O4S/c1-2-20-13(17)8-16(10-4-5-10)21(18,19)12-7-9(15)3-6-11(12)14/h3,6-7,10H,2,4-5,8,15H2,1H3. The van der Waals surface area contributed by atoms with Gasteiger partial charge in [0.2, 0.25) is 10.0 Å². The van der Waals surface area contributed by atoms with Crippen LogP contribution in [-0.4, -0.2) is 37.9 Å². The largest absolute Gasteiger partial charge is 0.465 e. The smallest absolute Gasteiger partial charge is 0.321 e. The Hall–Kier alpha value is -1.67. The zero-order valence-electron chi connectivity index (χ0n) is 11.6. The molecule has 2 rings (SSSR count). The lowest BCUT2D eigenvalue weighted by atomic mass is 10.3. The van der Waals surface area contributed by atoms with E-state index >= 15 is 0 Å². The maximum atomic E-state index is 13.8. The van der Waals surface area contributed by atoms with Gasteiger partial charge in [0.05, 0.1) is 6.61 Å². The van der Waals surface area contributed by atoms with Gasteiger partial charge in [-0.3, -0.25) is 4.79 Å². The number of carbonyl (C=O) groups excluding carboxylic acids is 1. The molecule has 0 aliphatic heterocycles. The SMILES string of the molecule is CCOC(=O)CN(C1CC1)S(=O)(=O)c1cc(N)ccc1F. The Kier molecular flexibility index (Phi) is 4.48. The average Bonchev–Trinajstić information content (AvgIpc) is 3.23. The Morgan fingerprint density at radius 1 is 1.48 bits per heavy atom. The van der Waals surface area contributed by atoms with Gasteiger partial charge in [-0.1, -0.05) is 0 Å². The number of benzene rings is 1. The molecule has 0 heterocycles. The number of nitrogens with two attached hydrogens (primary N) is 1. The third kappa shape index (κ3) is 3.51. The van der Waals surface area contributed by atoms with E-state index in [1.54, 1.807) is 6.92 Å². The second-order valence-corrected chi connectivity index (χ2v) is 6.64. The molecule has 0 unspecified atom stereocenters. The molecule has 1 saturated carbocycles. The van der Waals surface area contributed by atoms with Crippen molar-refractivity contribution in [3.8, 4) is 0 Å². The number of hydrogen-bond acceptors (Lipinski definition) is 5. The minimum atomic E-state index is -4.13. The summed E-state index contributed by atoms with van der Waals surface area (Å²) >= 11 is 0. The Morgan fingerprint density at radius 2 is 2.14 bits per heavy atom. The van der Waals surface area contributed by atoms with E-state index in [0.29, 0.717) is 12.8 Å². The maximum absolute atomic E-state index is 13.8. The van der Waals surface area contributed by atoms with Crippen molar-refractivity contribution in [2.75, 3.05) is 18.9 Å². The van der Waals surface area contributed by atoms with Gasteiger partial charge in [-0.05, 0) is 38.0 Å². The van der Waals surface area contributed by atoms with Gasteiger partial charge in [-0.2, -0.15) is 4.31 Å². The third-order valence-corrected chi connectivity index (χ3v) is 5.00. The molecule has 1 aliphatic carbocycles. The molecule has 0 spiro atoms. The molecule has 0 atom stereocenters. The molecular formula is C13H17FN2O4S. The molecule has 1 fully saturated rings. The van der Waals surface area contributed by atoms with E-state index in [9.17, 15) is 17.6 Å². The van der Waals surface area contributed by atoms with Gasteiger partial charge in [0.1, 0.15) is 17.3 Å². The minimum Gasteiger partial charge on any atom is -0.465 e. The van der Waals surface area contributed by atoms with E-state index in [4.69, 9.17) is 10.5 Å². The Balaban J connectivity index is 2.34. The third-order valence-electron chi connectivity index (χ3n) is 3.09. The first kappa shape index (κ1) is 15.7. The van der Waals surface area contributed by atoms with Gasteiger partial charge < -0.3 is 10.5 Å². The first-order chi connectivity index (χ1) is 9.86. The van der Waals surface area contributed by atoms with Crippen molar-refractivity contribution in [1.29, 1.82) is 0 Å². The van der Waals surface area contributed by atoms with E-state index in [-0.39, 0.29) is 18.3 Å². The van der Waals surface area contributed by atoms with Crippen LogP contribution in [0.15, 0.2) is 23.1 Å². The van der Waals surface area contributed by atoms with Gasteiger partial charge in [-0.15, -0.1) is 0 Å². The number of carbonyl (C=O) groups is 1. The predicted molar refractivity (Wildman–Crippen MR) is 74.4 cm³/mol. The zero-order chi connectivity index (χ0) is 15.6. The molecule has 6 nitrogen and oxygen atoms in total. The van der Waals surface area contributed by atoms with Crippen LogP contribution in [0.3, 0.4) is 0 Å². The molecule has 0 bridgehead atoms. The van der Waals surface area contributed by atoms with Crippen LogP contribution in [-0.2, 0) is 19.6 Å². The number of anilines is 1. The first-order valence-electron chi connectivity index (χ1n) is 6.58. The normalized spacial score (nSPS) is 15.2. The van der Waals surface area contributed by atoms with Crippen molar-refractivity contribution >= 4 is 21.7 Å². The molecule has 21 heavy (non-hydrogen) atoms. The molecule has 0 saturated heterocycles. The van der Waals surface area contributed by atoms with Crippen LogP contribution in [0.1, 0.15) is 19.8 Å². The molecule has 1 aliphatic rings. The number of hydrogen-bond donors (Lipinski definition) is 1. The second-order valence-electron chi connectivity index (χ2n) is 4.78. The summed E-state index contributed by atoms with van der Waals surface area (Å²) in [6.07, 6.45) is 1.28. The fraction of sp³-hybridized carbons (Fsp3) is 0.462. The molecule has 116 valence electrons. The average molecular weight is 316 g/mol. The number of esters is 1. The molecule has 2 N–H and O–H groups in total. The fourth-order valence-electron chi connectivity index (χ4n) is 1.95. The monoisotopic (exact) mass is 316 g/mol. The van der Waals surface area contributed by atoms with Gasteiger partial charge in [0, 0.05) is 11.7 Å². The summed E-state index contributed by atoms with van der Waals surface area (Å²) in [6, 6.07) is 3.05. The van der Waals surface area contributed by atoms with Crippen LogP contribution in [0.5, 0.6) is 0 Å². The van der Waals surface area contributed by atoms with Gasteiger partial charge in [0.25, 0.3) is 0 Å². The molecule has 0 amide bonds. The molecule has 8 heteroatoms. The zero-order valence-corrected chi connectivity index (χ0v) is 12.4. The Labute approximate surface area is 122 Å². The van der Waals surface area contributed by atoms with E-state index in [0.717, 1.165) is 16.4 Å². The number of nitrogens with zero attached hydrogens (tertiary/aromatic N) is 1. The molecule has 1 aromatic carbocycles. The Morgan fingerprint density at radius 3 is 2.71 bits per heavy atom. The van der Waals surface area contributed by atoms with Gasteiger partial charge in [-0.25, -0.2) is 12.8 Å². The lowest BCUT2D eigenvalue weighted by molar-refractivity contribution is -0.143. The predicted octanol–water partition coefficient (Wildman–Crippen LogP) is 1.12. The number of ether oxygens (including phenoxy) is 1. The number of nitrogen functional groups attached to an aromatic ring is 1. The lowest BCUT2D eigenvalue weighted by Gasteiger charge is -2.21. The van der Waals surface area contributed by atoms with Crippen molar-refractivity contribution in [2.45, 2.75) is 30.7 Å². The number of halogens is 1. The quantitative estimate of drug-likeness (QED) is 0.627. The summed E-state index contributed by atoms with van der Waals surface area (Å²) in [6.45, 7) is 1.37. The van der Waals surface area contributed by atoms with E-state index in [2.05, 4.69) is 0 Å². The van der Waals surface area contributed by atoms with Gasteiger partial charge in [0.15, 0.2) is 0 Å².